The largest absolute Gasteiger partial charge is 0.477 e. The van der Waals surface area contributed by atoms with E-state index in [1.807, 2.05) is 5.32 Å². The highest BCUT2D eigenvalue weighted by atomic mass is 35.5. The maximum atomic E-state index is 12.4. The van der Waals surface area contributed by atoms with Gasteiger partial charge in [0, 0.05) is 0 Å². The highest BCUT2D eigenvalue weighted by Gasteiger charge is 2.39. The van der Waals surface area contributed by atoms with Crippen molar-refractivity contribution in [2.45, 2.75) is 6.18 Å². The summed E-state index contributed by atoms with van der Waals surface area (Å²) in [6.07, 6.45) is -4.89. The summed E-state index contributed by atoms with van der Waals surface area (Å²) in [4.78, 5) is 23.4. The van der Waals surface area contributed by atoms with Crippen molar-refractivity contribution in [1.82, 2.24) is 4.98 Å². The molecule has 0 unspecified atom stereocenters. The fourth-order valence-corrected chi connectivity index (χ4v) is 1.77. The number of aromatic nitrogens is 1. The van der Waals surface area contributed by atoms with Crippen LogP contribution in [0.3, 0.4) is 0 Å². The van der Waals surface area contributed by atoms with E-state index < -0.39 is 39.6 Å². The summed E-state index contributed by atoms with van der Waals surface area (Å²) in [6, 6.07) is 0. The number of rotatable bonds is 3. The number of hydrogen-bond acceptors (Lipinski definition) is 4. The molecule has 1 amide bonds. The van der Waals surface area contributed by atoms with E-state index in [0.29, 0.717) is 0 Å². The van der Waals surface area contributed by atoms with Gasteiger partial charge in [0.05, 0.1) is 0 Å². The maximum Gasteiger partial charge on any atom is 0.435 e. The molecule has 1 aromatic rings. The summed E-state index contributed by atoms with van der Waals surface area (Å²) in [5.41, 5.74) is -1.54. The molecule has 17 heavy (non-hydrogen) atoms. The van der Waals surface area contributed by atoms with Gasteiger partial charge in [-0.2, -0.15) is 13.2 Å². The minimum Gasteiger partial charge on any atom is -0.477 e. The SMILES string of the molecule is O=C(CCl)Nc1nc(C(F)(F)F)c(C(=O)O)s1. The molecule has 0 fully saturated rings. The Kier molecular flexibility index (Phi) is 3.94. The number of carbonyl (C=O) groups is 2. The fourth-order valence-electron chi connectivity index (χ4n) is 0.863. The van der Waals surface area contributed by atoms with Crippen molar-refractivity contribution in [3.63, 3.8) is 0 Å². The van der Waals surface area contributed by atoms with Gasteiger partial charge in [-0.25, -0.2) is 9.78 Å². The van der Waals surface area contributed by atoms with Gasteiger partial charge >= 0.3 is 12.1 Å². The molecule has 5 nitrogen and oxygen atoms in total. The molecule has 0 aliphatic carbocycles. The normalized spacial score (nSPS) is 11.3. The van der Waals surface area contributed by atoms with Crippen LogP contribution in [0.15, 0.2) is 0 Å². The van der Waals surface area contributed by atoms with Gasteiger partial charge in [-0.1, -0.05) is 11.3 Å². The third kappa shape index (κ3) is 3.30. The third-order valence-electron chi connectivity index (χ3n) is 1.46. The molecule has 0 atom stereocenters. The number of anilines is 1. The van der Waals surface area contributed by atoms with Gasteiger partial charge in [0.25, 0.3) is 0 Å². The predicted octanol–water partition coefficient (Wildman–Crippen LogP) is 2.04. The van der Waals surface area contributed by atoms with Gasteiger partial charge < -0.3 is 10.4 Å². The lowest BCUT2D eigenvalue weighted by molar-refractivity contribution is -0.141. The van der Waals surface area contributed by atoms with Crippen LogP contribution in [0.1, 0.15) is 15.4 Å². The number of hydrogen-bond donors (Lipinski definition) is 2. The van der Waals surface area contributed by atoms with Gasteiger partial charge in [0.15, 0.2) is 10.8 Å². The molecule has 0 saturated heterocycles. The van der Waals surface area contributed by atoms with E-state index in [-0.39, 0.29) is 11.3 Å². The lowest BCUT2D eigenvalue weighted by Crippen LogP contribution is -2.14. The average molecular weight is 289 g/mol. The minimum atomic E-state index is -4.89. The number of halogens is 4. The minimum absolute atomic E-state index is 0.217. The highest BCUT2D eigenvalue weighted by molar-refractivity contribution is 7.17. The second-order valence-corrected chi connectivity index (χ2v) is 3.95. The number of carboxylic acid groups (broad SMARTS) is 1. The van der Waals surface area contributed by atoms with Crippen molar-refractivity contribution >= 4 is 39.9 Å². The van der Waals surface area contributed by atoms with Crippen molar-refractivity contribution in [1.29, 1.82) is 0 Å². The monoisotopic (exact) mass is 288 g/mol. The van der Waals surface area contributed by atoms with E-state index >= 15 is 0 Å². The maximum absolute atomic E-state index is 12.4. The second-order valence-electron chi connectivity index (χ2n) is 2.68. The highest BCUT2D eigenvalue weighted by Crippen LogP contribution is 2.36. The van der Waals surface area contributed by atoms with Crippen LogP contribution >= 0.6 is 22.9 Å². The zero-order valence-electron chi connectivity index (χ0n) is 7.84. The van der Waals surface area contributed by atoms with Crippen molar-refractivity contribution in [3.05, 3.63) is 10.6 Å². The Balaban J connectivity index is 3.13. The number of aromatic carboxylic acids is 1. The Morgan fingerprint density at radius 3 is 2.41 bits per heavy atom. The van der Waals surface area contributed by atoms with Crippen LogP contribution in [0.2, 0.25) is 0 Å². The third-order valence-corrected chi connectivity index (χ3v) is 2.66. The van der Waals surface area contributed by atoms with E-state index in [2.05, 4.69) is 4.98 Å². The van der Waals surface area contributed by atoms with Crippen LogP contribution in [0, 0.1) is 0 Å². The van der Waals surface area contributed by atoms with Gasteiger partial charge in [-0.05, 0) is 0 Å². The molecule has 10 heteroatoms. The first-order valence-electron chi connectivity index (χ1n) is 3.93. The summed E-state index contributed by atoms with van der Waals surface area (Å²) < 4.78 is 37.2. The Hall–Kier alpha value is -1.35. The lowest BCUT2D eigenvalue weighted by Gasteiger charge is -2.02. The number of carboxylic acids is 1. The number of amides is 1. The van der Waals surface area contributed by atoms with Gasteiger partial charge in [-0.15, -0.1) is 11.6 Å². The van der Waals surface area contributed by atoms with Crippen LogP contribution in [-0.2, 0) is 11.0 Å². The molecule has 0 radical (unpaired) electrons. The summed E-state index contributed by atoms with van der Waals surface area (Å²) in [7, 11) is 0. The molecule has 0 spiro atoms. The van der Waals surface area contributed by atoms with E-state index in [9.17, 15) is 22.8 Å². The van der Waals surface area contributed by atoms with Crippen molar-refractivity contribution in [3.8, 4) is 0 Å². The smallest absolute Gasteiger partial charge is 0.435 e. The molecule has 94 valence electrons. The number of thiazole rings is 1. The van der Waals surface area contributed by atoms with E-state index in [1.165, 1.54) is 0 Å². The Bertz CT molecular complexity index is 460. The first-order valence-corrected chi connectivity index (χ1v) is 5.28. The summed E-state index contributed by atoms with van der Waals surface area (Å²) in [5.74, 6) is -3.00. The van der Waals surface area contributed by atoms with Gasteiger partial charge in [0.1, 0.15) is 10.8 Å². The van der Waals surface area contributed by atoms with Gasteiger partial charge in [0.2, 0.25) is 5.91 Å². The topological polar surface area (TPSA) is 79.3 Å². The van der Waals surface area contributed by atoms with Crippen molar-refractivity contribution < 1.29 is 27.9 Å². The molecule has 1 rings (SSSR count). The molecule has 1 aromatic heterocycles. The molecule has 0 bridgehead atoms. The van der Waals surface area contributed by atoms with E-state index in [0.717, 1.165) is 0 Å². The summed E-state index contributed by atoms with van der Waals surface area (Å²) in [6.45, 7) is 0. The molecule has 0 aliphatic rings. The number of nitrogens with zero attached hydrogens (tertiary/aromatic N) is 1. The van der Waals surface area contributed by atoms with Crippen LogP contribution < -0.4 is 5.32 Å². The van der Waals surface area contributed by atoms with Crippen molar-refractivity contribution in [2.75, 3.05) is 11.2 Å². The number of nitrogens with one attached hydrogen (secondary N) is 1. The molecule has 0 aliphatic heterocycles. The second kappa shape index (κ2) is 4.88. The molecule has 0 aromatic carbocycles. The fraction of sp³-hybridized carbons (Fsp3) is 0.286. The zero-order chi connectivity index (χ0) is 13.2. The first-order chi connectivity index (χ1) is 7.75. The Morgan fingerprint density at radius 1 is 1.47 bits per heavy atom. The van der Waals surface area contributed by atoms with Crippen LogP contribution in [0.5, 0.6) is 0 Å². The quantitative estimate of drug-likeness (QED) is 0.834. The standard InChI is InChI=1S/C7H4ClF3N2O3S/c8-1-2(14)12-6-13-4(7(9,10)11)3(17-6)5(15)16/h1H2,(H,15,16)(H,12,13,14). The van der Waals surface area contributed by atoms with E-state index in [1.54, 1.807) is 0 Å². The zero-order valence-corrected chi connectivity index (χ0v) is 9.41. The molecule has 2 N–H and O–H groups in total. The summed E-state index contributed by atoms with van der Waals surface area (Å²) in [5, 5.41) is 10.1. The number of carbonyl (C=O) groups excluding carboxylic acids is 1. The molecule has 0 saturated carbocycles. The van der Waals surface area contributed by atoms with Gasteiger partial charge in [-0.3, -0.25) is 4.79 Å². The van der Waals surface area contributed by atoms with Crippen LogP contribution in [0.25, 0.3) is 0 Å². The molecular formula is C7H4ClF3N2O3S. The van der Waals surface area contributed by atoms with E-state index in [4.69, 9.17) is 16.7 Å². The van der Waals surface area contributed by atoms with Crippen molar-refractivity contribution in [2.24, 2.45) is 0 Å². The first kappa shape index (κ1) is 13.7. The van der Waals surface area contributed by atoms with Crippen LogP contribution in [0.4, 0.5) is 18.3 Å². The van der Waals surface area contributed by atoms with Crippen LogP contribution in [-0.4, -0.2) is 27.8 Å². The Labute approximate surface area is 101 Å². The molecular weight excluding hydrogens is 285 g/mol. The Morgan fingerprint density at radius 2 is 2.06 bits per heavy atom. The number of alkyl halides is 4. The average Bonchev–Trinajstić information content (AvgIpc) is 2.61. The molecule has 1 heterocycles. The predicted molar refractivity (Wildman–Crippen MR) is 53.4 cm³/mol. The lowest BCUT2D eigenvalue weighted by atomic mass is 10.3. The summed E-state index contributed by atoms with van der Waals surface area (Å²) >= 11 is 5.34.